The first-order valence-corrected chi connectivity index (χ1v) is 5.89. The van der Waals surface area contributed by atoms with Gasteiger partial charge < -0.3 is 16.2 Å². The molecule has 0 aliphatic heterocycles. The normalized spacial score (nSPS) is 18.3. The second-order valence-electron chi connectivity index (χ2n) is 4.15. The van der Waals surface area contributed by atoms with Crippen LogP contribution in [-0.2, 0) is 0 Å². The lowest BCUT2D eigenvalue weighted by atomic mass is 9.77. The molecule has 3 nitrogen and oxygen atoms in total. The number of nitrogens with one attached hydrogen (secondary N) is 1. The predicted octanol–water partition coefficient (Wildman–Crippen LogP) is 2.36. The van der Waals surface area contributed by atoms with Crippen molar-refractivity contribution in [2.24, 2.45) is 0 Å². The quantitative estimate of drug-likeness (QED) is 0.740. The van der Waals surface area contributed by atoms with Crippen LogP contribution in [0.2, 0.25) is 0 Å². The Labute approximate surface area is 97.8 Å². The Morgan fingerprint density at radius 3 is 2.73 bits per heavy atom. The van der Waals surface area contributed by atoms with Crippen molar-refractivity contribution in [3.8, 4) is 0 Å². The summed E-state index contributed by atoms with van der Waals surface area (Å²) in [7, 11) is 0. The van der Waals surface area contributed by atoms with Gasteiger partial charge in [-0.15, -0.1) is 0 Å². The van der Waals surface area contributed by atoms with Crippen LogP contribution in [0, 0.1) is 0 Å². The van der Waals surface area contributed by atoms with Gasteiger partial charge in [-0.1, -0.05) is 15.9 Å². The van der Waals surface area contributed by atoms with Gasteiger partial charge in [0.1, 0.15) is 0 Å². The van der Waals surface area contributed by atoms with Crippen LogP contribution in [0.3, 0.4) is 0 Å². The maximum absolute atomic E-state index is 9.34. The van der Waals surface area contributed by atoms with Crippen molar-refractivity contribution in [3.05, 3.63) is 22.7 Å². The molecule has 2 rings (SSSR count). The van der Waals surface area contributed by atoms with Crippen LogP contribution in [0.15, 0.2) is 22.7 Å². The first-order chi connectivity index (χ1) is 7.15. The second-order valence-corrected chi connectivity index (χ2v) is 5.06. The van der Waals surface area contributed by atoms with Crippen molar-refractivity contribution in [2.75, 3.05) is 17.7 Å². The van der Waals surface area contributed by atoms with Gasteiger partial charge in [0, 0.05) is 4.47 Å². The van der Waals surface area contributed by atoms with Crippen LogP contribution >= 0.6 is 15.9 Å². The van der Waals surface area contributed by atoms with Crippen molar-refractivity contribution in [2.45, 2.75) is 24.8 Å². The van der Waals surface area contributed by atoms with E-state index >= 15 is 0 Å². The van der Waals surface area contributed by atoms with E-state index in [1.165, 1.54) is 6.42 Å². The maximum Gasteiger partial charge on any atom is 0.0661 e. The summed E-state index contributed by atoms with van der Waals surface area (Å²) in [6.07, 6.45) is 3.19. The molecule has 0 unspecified atom stereocenters. The van der Waals surface area contributed by atoms with E-state index in [1.807, 2.05) is 18.2 Å². The third kappa shape index (κ3) is 2.11. The molecule has 15 heavy (non-hydrogen) atoms. The topological polar surface area (TPSA) is 58.3 Å². The summed E-state index contributed by atoms with van der Waals surface area (Å²) >= 11 is 3.41. The Balaban J connectivity index is 2.19. The number of nitrogens with two attached hydrogens (primary N) is 1. The molecule has 1 aromatic rings. The van der Waals surface area contributed by atoms with Crippen LogP contribution in [0.25, 0.3) is 0 Å². The maximum atomic E-state index is 9.34. The molecule has 1 aromatic carbocycles. The van der Waals surface area contributed by atoms with Crippen LogP contribution in [0.4, 0.5) is 11.4 Å². The van der Waals surface area contributed by atoms with Crippen molar-refractivity contribution >= 4 is 27.3 Å². The van der Waals surface area contributed by atoms with Crippen LogP contribution in [0.5, 0.6) is 0 Å². The molecule has 1 fully saturated rings. The number of halogens is 1. The van der Waals surface area contributed by atoms with Gasteiger partial charge in [0.15, 0.2) is 0 Å². The molecule has 1 saturated carbocycles. The lowest BCUT2D eigenvalue weighted by Crippen LogP contribution is -2.48. The smallest absolute Gasteiger partial charge is 0.0661 e. The highest BCUT2D eigenvalue weighted by Gasteiger charge is 2.36. The summed E-state index contributed by atoms with van der Waals surface area (Å²) < 4.78 is 0.992. The van der Waals surface area contributed by atoms with Crippen molar-refractivity contribution in [1.82, 2.24) is 0 Å². The molecule has 4 N–H and O–H groups in total. The molecule has 0 spiro atoms. The third-order valence-corrected chi connectivity index (χ3v) is 3.52. The van der Waals surface area contributed by atoms with E-state index in [0.717, 1.165) is 28.7 Å². The summed E-state index contributed by atoms with van der Waals surface area (Å²) in [6.45, 7) is 0.166. The highest BCUT2D eigenvalue weighted by molar-refractivity contribution is 9.10. The molecule has 1 aliphatic rings. The number of rotatable bonds is 3. The third-order valence-electron chi connectivity index (χ3n) is 3.03. The van der Waals surface area contributed by atoms with Crippen molar-refractivity contribution < 1.29 is 5.11 Å². The lowest BCUT2D eigenvalue weighted by Gasteiger charge is -2.42. The molecule has 0 amide bonds. The van der Waals surface area contributed by atoms with E-state index in [-0.39, 0.29) is 12.1 Å². The highest BCUT2D eigenvalue weighted by atomic mass is 79.9. The number of aliphatic hydroxyl groups excluding tert-OH is 1. The van der Waals surface area contributed by atoms with E-state index in [1.54, 1.807) is 0 Å². The van der Waals surface area contributed by atoms with E-state index < -0.39 is 0 Å². The summed E-state index contributed by atoms with van der Waals surface area (Å²) in [6, 6.07) is 5.72. The van der Waals surface area contributed by atoms with Gasteiger partial charge in [-0.05, 0) is 37.5 Å². The van der Waals surface area contributed by atoms with Gasteiger partial charge in [0.25, 0.3) is 0 Å². The van der Waals surface area contributed by atoms with Crippen LogP contribution in [-0.4, -0.2) is 17.3 Å². The number of hydrogen-bond donors (Lipinski definition) is 3. The van der Waals surface area contributed by atoms with Gasteiger partial charge >= 0.3 is 0 Å². The molecule has 0 heterocycles. The number of benzene rings is 1. The summed E-state index contributed by atoms with van der Waals surface area (Å²) in [4.78, 5) is 0. The molecule has 0 saturated heterocycles. The average molecular weight is 271 g/mol. The van der Waals surface area contributed by atoms with Gasteiger partial charge in [-0.2, -0.15) is 0 Å². The fourth-order valence-corrected chi connectivity index (χ4v) is 2.21. The molecule has 4 heteroatoms. The summed E-state index contributed by atoms with van der Waals surface area (Å²) in [5, 5.41) is 12.7. The minimum Gasteiger partial charge on any atom is -0.397 e. The fourth-order valence-electron chi connectivity index (χ4n) is 1.85. The van der Waals surface area contributed by atoms with Crippen molar-refractivity contribution in [3.63, 3.8) is 0 Å². The Kier molecular flexibility index (Phi) is 2.89. The standard InChI is InChI=1S/C11H15BrN2O/c12-8-2-3-9(13)10(6-8)14-11(7-15)4-1-5-11/h2-3,6,14-15H,1,4-5,7,13H2. The van der Waals surface area contributed by atoms with Gasteiger partial charge in [0.2, 0.25) is 0 Å². The second kappa shape index (κ2) is 4.02. The Bertz CT molecular complexity index is 358. The van der Waals surface area contributed by atoms with E-state index in [2.05, 4.69) is 21.2 Å². The number of anilines is 2. The molecular formula is C11H15BrN2O. The lowest BCUT2D eigenvalue weighted by molar-refractivity contribution is 0.144. The monoisotopic (exact) mass is 270 g/mol. The highest BCUT2D eigenvalue weighted by Crippen LogP contribution is 2.37. The molecule has 0 radical (unpaired) electrons. The summed E-state index contributed by atoms with van der Waals surface area (Å²) in [5.74, 6) is 0. The predicted molar refractivity (Wildman–Crippen MR) is 65.8 cm³/mol. The Morgan fingerprint density at radius 2 is 2.20 bits per heavy atom. The molecule has 0 atom stereocenters. The molecule has 0 aromatic heterocycles. The zero-order valence-electron chi connectivity index (χ0n) is 8.46. The number of nitrogen functional groups attached to an aromatic ring is 1. The number of aliphatic hydroxyl groups is 1. The fraction of sp³-hybridized carbons (Fsp3) is 0.455. The largest absolute Gasteiger partial charge is 0.397 e. The molecule has 1 aliphatic carbocycles. The zero-order valence-corrected chi connectivity index (χ0v) is 10.0. The van der Waals surface area contributed by atoms with Crippen molar-refractivity contribution in [1.29, 1.82) is 0 Å². The minimum atomic E-state index is -0.144. The van der Waals surface area contributed by atoms with E-state index in [4.69, 9.17) is 5.73 Å². The van der Waals surface area contributed by atoms with E-state index in [0.29, 0.717) is 0 Å². The van der Waals surface area contributed by atoms with Gasteiger partial charge in [-0.25, -0.2) is 0 Å². The zero-order chi connectivity index (χ0) is 10.9. The van der Waals surface area contributed by atoms with Crippen LogP contribution in [0.1, 0.15) is 19.3 Å². The number of hydrogen-bond acceptors (Lipinski definition) is 3. The van der Waals surface area contributed by atoms with Gasteiger partial charge in [-0.3, -0.25) is 0 Å². The average Bonchev–Trinajstić information content (AvgIpc) is 2.17. The van der Waals surface area contributed by atoms with Gasteiger partial charge in [0.05, 0.1) is 23.5 Å². The Hall–Kier alpha value is -0.740. The minimum absolute atomic E-state index is 0.144. The first kappa shape index (κ1) is 10.8. The summed E-state index contributed by atoms with van der Waals surface area (Å²) in [5.41, 5.74) is 7.34. The Morgan fingerprint density at radius 1 is 1.47 bits per heavy atom. The molecule has 82 valence electrons. The van der Waals surface area contributed by atoms with E-state index in [9.17, 15) is 5.11 Å². The SMILES string of the molecule is Nc1ccc(Br)cc1NC1(CO)CCC1. The van der Waals surface area contributed by atoms with Crippen LogP contribution < -0.4 is 11.1 Å². The molecule has 0 bridgehead atoms. The molecular weight excluding hydrogens is 256 g/mol. The first-order valence-electron chi connectivity index (χ1n) is 5.09.